The fraction of sp³-hybridized carbons (Fsp3) is 0.875. The summed E-state index contributed by atoms with van der Waals surface area (Å²) in [6, 6.07) is 0.554. The molecule has 2 unspecified atom stereocenters. The molecule has 11 heavy (non-hydrogen) atoms. The Labute approximate surface area is 69.1 Å². The lowest BCUT2D eigenvalue weighted by Crippen LogP contribution is -2.44. The SMILES string of the molecule is CCC(C)N(C)C(C)C(=N)N. The highest BCUT2D eigenvalue weighted by Crippen LogP contribution is 2.04. The third kappa shape index (κ3) is 2.89. The summed E-state index contributed by atoms with van der Waals surface area (Å²) in [7, 11) is 2.00. The second-order valence-corrected chi connectivity index (χ2v) is 3.05. The maximum Gasteiger partial charge on any atom is 0.108 e. The minimum atomic E-state index is 0.0601. The minimum absolute atomic E-state index is 0.0601. The highest BCUT2D eigenvalue weighted by molar-refractivity contribution is 5.82. The molecule has 0 aliphatic rings. The summed E-state index contributed by atoms with van der Waals surface area (Å²) in [5, 5.41) is 7.24. The van der Waals surface area contributed by atoms with Gasteiger partial charge >= 0.3 is 0 Å². The lowest BCUT2D eigenvalue weighted by molar-refractivity contribution is 0.231. The van der Waals surface area contributed by atoms with Gasteiger partial charge in [0.05, 0.1) is 6.04 Å². The molecule has 0 spiro atoms. The number of likely N-dealkylation sites (N-methyl/N-ethyl adjacent to an activating group) is 1. The van der Waals surface area contributed by atoms with E-state index in [2.05, 4.69) is 18.7 Å². The summed E-state index contributed by atoms with van der Waals surface area (Å²) in [6.07, 6.45) is 1.09. The molecule has 0 amide bonds. The van der Waals surface area contributed by atoms with Gasteiger partial charge in [-0.05, 0) is 27.3 Å². The first-order valence-corrected chi connectivity index (χ1v) is 4.06. The van der Waals surface area contributed by atoms with Crippen LogP contribution in [0.25, 0.3) is 0 Å². The molecule has 0 heterocycles. The molecule has 0 aromatic carbocycles. The smallest absolute Gasteiger partial charge is 0.108 e. The van der Waals surface area contributed by atoms with Crippen molar-refractivity contribution in [3.8, 4) is 0 Å². The summed E-state index contributed by atoms with van der Waals surface area (Å²) in [5.74, 6) is 0.243. The number of nitrogens with zero attached hydrogens (tertiary/aromatic N) is 1. The molecule has 0 fully saturated rings. The Hall–Kier alpha value is -0.570. The van der Waals surface area contributed by atoms with Gasteiger partial charge in [-0.3, -0.25) is 10.3 Å². The van der Waals surface area contributed by atoms with E-state index in [-0.39, 0.29) is 11.9 Å². The number of hydrogen-bond donors (Lipinski definition) is 2. The van der Waals surface area contributed by atoms with Crippen LogP contribution in [0.2, 0.25) is 0 Å². The third-order valence-electron chi connectivity index (χ3n) is 2.35. The first-order chi connectivity index (χ1) is 5.00. The fourth-order valence-electron chi connectivity index (χ4n) is 0.889. The van der Waals surface area contributed by atoms with Gasteiger partial charge < -0.3 is 5.73 Å². The van der Waals surface area contributed by atoms with Crippen molar-refractivity contribution in [2.24, 2.45) is 5.73 Å². The van der Waals surface area contributed by atoms with Crippen LogP contribution in [0.1, 0.15) is 27.2 Å². The van der Waals surface area contributed by atoms with E-state index in [0.29, 0.717) is 6.04 Å². The first-order valence-electron chi connectivity index (χ1n) is 4.06. The van der Waals surface area contributed by atoms with Gasteiger partial charge in [0.2, 0.25) is 0 Å². The number of hydrogen-bond acceptors (Lipinski definition) is 2. The van der Waals surface area contributed by atoms with Gasteiger partial charge in [0.25, 0.3) is 0 Å². The molecule has 0 aromatic heterocycles. The zero-order valence-corrected chi connectivity index (χ0v) is 7.89. The van der Waals surface area contributed by atoms with E-state index in [4.69, 9.17) is 11.1 Å². The normalized spacial score (nSPS) is 16.5. The lowest BCUT2D eigenvalue weighted by Gasteiger charge is -2.29. The van der Waals surface area contributed by atoms with E-state index in [1.54, 1.807) is 0 Å². The van der Waals surface area contributed by atoms with Crippen LogP contribution in [0.4, 0.5) is 0 Å². The Kier molecular flexibility index (Phi) is 4.11. The highest BCUT2D eigenvalue weighted by atomic mass is 15.2. The number of nitrogens with two attached hydrogens (primary N) is 1. The van der Waals surface area contributed by atoms with Gasteiger partial charge in [-0.1, -0.05) is 6.92 Å². The van der Waals surface area contributed by atoms with Crippen molar-refractivity contribution >= 4 is 5.84 Å². The molecule has 0 radical (unpaired) electrons. The van der Waals surface area contributed by atoms with Crippen LogP contribution in [0, 0.1) is 5.41 Å². The van der Waals surface area contributed by atoms with Crippen LogP contribution in [0.3, 0.4) is 0 Å². The second-order valence-electron chi connectivity index (χ2n) is 3.05. The van der Waals surface area contributed by atoms with Crippen molar-refractivity contribution in [2.75, 3.05) is 7.05 Å². The van der Waals surface area contributed by atoms with E-state index in [0.717, 1.165) is 6.42 Å². The van der Waals surface area contributed by atoms with Crippen LogP contribution < -0.4 is 5.73 Å². The predicted octanol–water partition coefficient (Wildman–Crippen LogP) is 1.04. The molecule has 0 aromatic rings. The number of rotatable bonds is 4. The van der Waals surface area contributed by atoms with Gasteiger partial charge in [-0.15, -0.1) is 0 Å². The van der Waals surface area contributed by atoms with Gasteiger partial charge in [0, 0.05) is 6.04 Å². The molecule has 0 bridgehead atoms. The standard InChI is InChI=1S/C8H19N3/c1-5-6(2)11(4)7(3)8(9)10/h6-7H,5H2,1-4H3,(H3,9,10). The van der Waals surface area contributed by atoms with Crippen LogP contribution in [-0.2, 0) is 0 Å². The molecule has 0 saturated heterocycles. The molecule has 66 valence electrons. The van der Waals surface area contributed by atoms with Crippen molar-refractivity contribution in [1.82, 2.24) is 4.90 Å². The molecule has 0 rings (SSSR count). The van der Waals surface area contributed by atoms with Crippen molar-refractivity contribution < 1.29 is 0 Å². The monoisotopic (exact) mass is 157 g/mol. The zero-order chi connectivity index (χ0) is 9.02. The Bertz CT molecular complexity index is 133. The maximum absolute atomic E-state index is 7.24. The molecule has 3 N–H and O–H groups in total. The van der Waals surface area contributed by atoms with Crippen LogP contribution in [0.15, 0.2) is 0 Å². The Morgan fingerprint density at radius 3 is 2.27 bits per heavy atom. The van der Waals surface area contributed by atoms with E-state index < -0.39 is 0 Å². The van der Waals surface area contributed by atoms with Gasteiger partial charge in [0.1, 0.15) is 5.84 Å². The Morgan fingerprint density at radius 2 is 2.00 bits per heavy atom. The molecule has 0 aliphatic heterocycles. The zero-order valence-electron chi connectivity index (χ0n) is 7.89. The Morgan fingerprint density at radius 1 is 1.55 bits per heavy atom. The van der Waals surface area contributed by atoms with Crippen molar-refractivity contribution in [2.45, 2.75) is 39.3 Å². The quantitative estimate of drug-likeness (QED) is 0.473. The van der Waals surface area contributed by atoms with E-state index >= 15 is 0 Å². The number of nitrogens with one attached hydrogen (secondary N) is 1. The average molecular weight is 157 g/mol. The topological polar surface area (TPSA) is 53.1 Å². The average Bonchev–Trinajstić information content (AvgIpc) is 2.00. The minimum Gasteiger partial charge on any atom is -0.386 e. The largest absolute Gasteiger partial charge is 0.386 e. The maximum atomic E-state index is 7.24. The fourth-order valence-corrected chi connectivity index (χ4v) is 0.889. The molecule has 3 nitrogen and oxygen atoms in total. The predicted molar refractivity (Wildman–Crippen MR) is 48.9 cm³/mol. The summed E-state index contributed by atoms with van der Waals surface area (Å²) in [6.45, 7) is 6.22. The van der Waals surface area contributed by atoms with Crippen LogP contribution in [0.5, 0.6) is 0 Å². The third-order valence-corrected chi connectivity index (χ3v) is 2.35. The van der Waals surface area contributed by atoms with E-state index in [1.165, 1.54) is 0 Å². The van der Waals surface area contributed by atoms with Gasteiger partial charge in [-0.25, -0.2) is 0 Å². The second kappa shape index (κ2) is 4.34. The summed E-state index contributed by atoms with van der Waals surface area (Å²) < 4.78 is 0. The van der Waals surface area contributed by atoms with Crippen LogP contribution in [-0.4, -0.2) is 29.9 Å². The number of amidine groups is 1. The molecular formula is C8H19N3. The van der Waals surface area contributed by atoms with Crippen molar-refractivity contribution in [1.29, 1.82) is 5.41 Å². The Balaban J connectivity index is 4.00. The molecule has 0 aliphatic carbocycles. The summed E-state index contributed by atoms with van der Waals surface area (Å²) >= 11 is 0. The van der Waals surface area contributed by atoms with Crippen LogP contribution >= 0.6 is 0 Å². The van der Waals surface area contributed by atoms with Gasteiger partial charge in [0.15, 0.2) is 0 Å². The molecule has 2 atom stereocenters. The van der Waals surface area contributed by atoms with E-state index in [1.807, 2.05) is 14.0 Å². The van der Waals surface area contributed by atoms with Gasteiger partial charge in [-0.2, -0.15) is 0 Å². The lowest BCUT2D eigenvalue weighted by atomic mass is 10.2. The first kappa shape index (κ1) is 10.4. The molecule has 0 saturated carbocycles. The van der Waals surface area contributed by atoms with Crippen molar-refractivity contribution in [3.05, 3.63) is 0 Å². The molecular weight excluding hydrogens is 138 g/mol. The van der Waals surface area contributed by atoms with E-state index in [9.17, 15) is 0 Å². The summed E-state index contributed by atoms with van der Waals surface area (Å²) in [5.41, 5.74) is 5.37. The summed E-state index contributed by atoms with van der Waals surface area (Å²) in [4.78, 5) is 2.11. The van der Waals surface area contributed by atoms with Crippen molar-refractivity contribution in [3.63, 3.8) is 0 Å². The highest BCUT2D eigenvalue weighted by Gasteiger charge is 2.15. The molecule has 3 heteroatoms.